The zero-order chi connectivity index (χ0) is 15.6. The molecule has 0 aliphatic carbocycles. The fourth-order valence-corrected chi connectivity index (χ4v) is 3.89. The van der Waals surface area contributed by atoms with E-state index in [1.54, 1.807) is 0 Å². The Balaban J connectivity index is 2.33. The van der Waals surface area contributed by atoms with Crippen LogP contribution >= 0.6 is 0 Å². The molecule has 1 aliphatic heterocycles. The fourth-order valence-electron chi connectivity index (χ4n) is 2.32. The van der Waals surface area contributed by atoms with E-state index in [4.69, 9.17) is 10.8 Å². The summed E-state index contributed by atoms with van der Waals surface area (Å²) in [7, 11) is -1.74. The second kappa shape index (κ2) is 6.00. The molecule has 21 heavy (non-hydrogen) atoms. The van der Waals surface area contributed by atoms with Crippen LogP contribution in [0, 0.1) is 0 Å². The lowest BCUT2D eigenvalue weighted by Crippen LogP contribution is -2.34. The van der Waals surface area contributed by atoms with Gasteiger partial charge in [-0.2, -0.15) is 4.31 Å². The Kier molecular flexibility index (Phi) is 4.50. The molecule has 1 aliphatic rings. The zero-order valence-corrected chi connectivity index (χ0v) is 12.6. The molecule has 2 rings (SSSR count). The lowest BCUT2D eigenvalue weighted by molar-refractivity contribution is 0.0697. The van der Waals surface area contributed by atoms with Crippen molar-refractivity contribution in [3.8, 4) is 0 Å². The standard InChI is InChI=1S/C13H19N3O4S/c1-15-5-2-6-16(8-7-15)21(19,20)12-4-3-10(13(17)18)9-11(12)14/h3-4,9H,2,5-8,14H2,1H3,(H,17,18). The van der Waals surface area contributed by atoms with Gasteiger partial charge in [0.05, 0.1) is 11.3 Å². The second-order valence-electron chi connectivity index (χ2n) is 5.12. The SMILES string of the molecule is CN1CCCN(S(=O)(=O)c2ccc(C(=O)O)cc2N)CC1. The number of likely N-dealkylation sites (N-methyl/N-ethyl adjacent to an activating group) is 1. The number of nitrogens with zero attached hydrogens (tertiary/aromatic N) is 2. The van der Waals surface area contributed by atoms with Gasteiger partial charge in [-0.1, -0.05) is 0 Å². The molecule has 0 bridgehead atoms. The lowest BCUT2D eigenvalue weighted by Gasteiger charge is -2.21. The van der Waals surface area contributed by atoms with Crippen molar-refractivity contribution in [2.45, 2.75) is 11.3 Å². The third-order valence-corrected chi connectivity index (χ3v) is 5.53. The third-order valence-electron chi connectivity index (χ3n) is 3.55. The molecule has 0 aromatic heterocycles. The van der Waals surface area contributed by atoms with E-state index in [1.807, 2.05) is 7.05 Å². The molecule has 1 fully saturated rings. The highest BCUT2D eigenvalue weighted by atomic mass is 32.2. The number of rotatable bonds is 3. The van der Waals surface area contributed by atoms with Gasteiger partial charge >= 0.3 is 5.97 Å². The summed E-state index contributed by atoms with van der Waals surface area (Å²) in [6.45, 7) is 2.34. The maximum Gasteiger partial charge on any atom is 0.335 e. The quantitative estimate of drug-likeness (QED) is 0.778. The first-order valence-electron chi connectivity index (χ1n) is 6.64. The molecule has 0 unspecified atom stereocenters. The van der Waals surface area contributed by atoms with Crippen LogP contribution in [-0.4, -0.2) is 61.9 Å². The van der Waals surface area contributed by atoms with Crippen molar-refractivity contribution >= 4 is 21.7 Å². The minimum Gasteiger partial charge on any atom is -0.478 e. The van der Waals surface area contributed by atoms with Gasteiger partial charge in [0.25, 0.3) is 0 Å². The van der Waals surface area contributed by atoms with Crippen molar-refractivity contribution in [1.29, 1.82) is 0 Å². The molecule has 1 aromatic carbocycles. The number of hydrogen-bond donors (Lipinski definition) is 2. The summed E-state index contributed by atoms with van der Waals surface area (Å²) in [5, 5.41) is 8.90. The van der Waals surface area contributed by atoms with Gasteiger partial charge in [0, 0.05) is 19.6 Å². The monoisotopic (exact) mass is 313 g/mol. The largest absolute Gasteiger partial charge is 0.478 e. The summed E-state index contributed by atoms with van der Waals surface area (Å²) < 4.78 is 26.7. The first kappa shape index (κ1) is 15.7. The fraction of sp³-hybridized carbons (Fsp3) is 0.462. The van der Waals surface area contributed by atoms with Crippen LogP contribution in [0.1, 0.15) is 16.8 Å². The van der Waals surface area contributed by atoms with E-state index in [2.05, 4.69) is 4.90 Å². The van der Waals surface area contributed by atoms with Crippen molar-refractivity contribution in [3.63, 3.8) is 0 Å². The lowest BCUT2D eigenvalue weighted by atomic mass is 10.2. The highest BCUT2D eigenvalue weighted by Crippen LogP contribution is 2.24. The number of anilines is 1. The number of carboxylic acids is 1. The van der Waals surface area contributed by atoms with Gasteiger partial charge < -0.3 is 15.7 Å². The molecular weight excluding hydrogens is 294 g/mol. The molecule has 116 valence electrons. The highest BCUT2D eigenvalue weighted by Gasteiger charge is 2.28. The molecule has 8 heteroatoms. The topological polar surface area (TPSA) is 104 Å². The van der Waals surface area contributed by atoms with Crippen molar-refractivity contribution in [2.75, 3.05) is 39.0 Å². The average Bonchev–Trinajstić information content (AvgIpc) is 2.63. The molecule has 0 atom stereocenters. The zero-order valence-electron chi connectivity index (χ0n) is 11.8. The van der Waals surface area contributed by atoms with E-state index in [0.29, 0.717) is 19.6 Å². The molecule has 0 radical (unpaired) electrons. The molecule has 0 spiro atoms. The highest BCUT2D eigenvalue weighted by molar-refractivity contribution is 7.89. The summed E-state index contributed by atoms with van der Waals surface area (Å²) in [6.07, 6.45) is 0.753. The Morgan fingerprint density at radius 3 is 2.57 bits per heavy atom. The van der Waals surface area contributed by atoms with Crippen molar-refractivity contribution in [1.82, 2.24) is 9.21 Å². The minimum absolute atomic E-state index is 0.0259. The number of carboxylic acid groups (broad SMARTS) is 1. The van der Waals surface area contributed by atoms with Gasteiger partial charge in [-0.15, -0.1) is 0 Å². The van der Waals surface area contributed by atoms with Crippen LogP contribution in [0.2, 0.25) is 0 Å². The molecule has 3 N–H and O–H groups in total. The molecule has 1 aromatic rings. The van der Waals surface area contributed by atoms with E-state index in [9.17, 15) is 13.2 Å². The van der Waals surface area contributed by atoms with Crippen LogP contribution < -0.4 is 5.73 Å². The average molecular weight is 313 g/mol. The first-order valence-corrected chi connectivity index (χ1v) is 8.08. The summed E-state index contributed by atoms with van der Waals surface area (Å²) in [5.74, 6) is -1.14. The van der Waals surface area contributed by atoms with Crippen LogP contribution in [0.4, 0.5) is 5.69 Å². The molecular formula is C13H19N3O4S. The van der Waals surface area contributed by atoms with Crippen LogP contribution in [0.5, 0.6) is 0 Å². The van der Waals surface area contributed by atoms with Gasteiger partial charge in [0.2, 0.25) is 10.0 Å². The normalized spacial score (nSPS) is 18.3. The second-order valence-corrected chi connectivity index (χ2v) is 7.03. The Bertz CT molecular complexity index is 645. The number of nitrogen functional groups attached to an aromatic ring is 1. The molecule has 0 amide bonds. The summed E-state index contributed by atoms with van der Waals surface area (Å²) in [6, 6.07) is 3.71. The Hall–Kier alpha value is -1.64. The number of nitrogens with two attached hydrogens (primary N) is 1. The van der Waals surface area contributed by atoms with Gasteiger partial charge in [-0.25, -0.2) is 13.2 Å². The number of benzene rings is 1. The Morgan fingerprint density at radius 1 is 1.24 bits per heavy atom. The smallest absolute Gasteiger partial charge is 0.335 e. The van der Waals surface area contributed by atoms with Crippen molar-refractivity contribution in [3.05, 3.63) is 23.8 Å². The van der Waals surface area contributed by atoms with E-state index in [-0.39, 0.29) is 16.1 Å². The molecule has 7 nitrogen and oxygen atoms in total. The summed E-state index contributed by atoms with van der Waals surface area (Å²) >= 11 is 0. The van der Waals surface area contributed by atoms with Gasteiger partial charge in [0.1, 0.15) is 4.90 Å². The van der Waals surface area contributed by atoms with Crippen molar-refractivity contribution in [2.24, 2.45) is 0 Å². The Morgan fingerprint density at radius 2 is 1.95 bits per heavy atom. The van der Waals surface area contributed by atoms with Gasteiger partial charge in [-0.05, 0) is 38.2 Å². The number of aromatic carboxylic acids is 1. The van der Waals surface area contributed by atoms with E-state index >= 15 is 0 Å². The van der Waals surface area contributed by atoms with Crippen LogP contribution in [0.25, 0.3) is 0 Å². The van der Waals surface area contributed by atoms with E-state index < -0.39 is 16.0 Å². The number of carbonyl (C=O) groups is 1. The predicted molar refractivity (Wildman–Crippen MR) is 78.7 cm³/mol. The Labute approximate surface area is 124 Å². The van der Waals surface area contributed by atoms with Crippen LogP contribution in [0.3, 0.4) is 0 Å². The molecule has 0 saturated carbocycles. The van der Waals surface area contributed by atoms with Crippen LogP contribution in [-0.2, 0) is 10.0 Å². The molecule has 1 saturated heterocycles. The predicted octanol–water partition coefficient (Wildman–Crippen LogP) is 0.293. The molecule has 1 heterocycles. The number of hydrogen-bond acceptors (Lipinski definition) is 5. The van der Waals surface area contributed by atoms with E-state index in [1.165, 1.54) is 22.5 Å². The first-order chi connectivity index (χ1) is 9.82. The van der Waals surface area contributed by atoms with Crippen molar-refractivity contribution < 1.29 is 18.3 Å². The van der Waals surface area contributed by atoms with Crippen LogP contribution in [0.15, 0.2) is 23.1 Å². The maximum absolute atomic E-state index is 12.6. The van der Waals surface area contributed by atoms with Gasteiger partial charge in [0.15, 0.2) is 0 Å². The summed E-state index contributed by atoms with van der Waals surface area (Å²) in [5.41, 5.74) is 5.68. The third kappa shape index (κ3) is 3.34. The number of sulfonamides is 1. The van der Waals surface area contributed by atoms with Gasteiger partial charge in [-0.3, -0.25) is 0 Å². The minimum atomic E-state index is -3.69. The van der Waals surface area contributed by atoms with E-state index in [0.717, 1.165) is 13.0 Å². The maximum atomic E-state index is 12.6. The summed E-state index contributed by atoms with van der Waals surface area (Å²) in [4.78, 5) is 12.9.